The van der Waals surface area contributed by atoms with Gasteiger partial charge in [-0.3, -0.25) is 9.52 Å². The van der Waals surface area contributed by atoms with Gasteiger partial charge in [0, 0.05) is 11.1 Å². The zero-order valence-corrected chi connectivity index (χ0v) is 16.1. The molecule has 0 spiro atoms. The molecule has 0 saturated heterocycles. The highest BCUT2D eigenvalue weighted by atomic mass is 35.5. The minimum absolute atomic E-state index is 0.213. The fraction of sp³-hybridized carbons (Fsp3) is 0. The molecular formula is C19H13ClF2N2O4S. The molecule has 3 aromatic rings. The van der Waals surface area contributed by atoms with Crippen LogP contribution in [0.1, 0.15) is 10.4 Å². The number of nitrogens with one attached hydrogen (secondary N) is 2. The number of aromatic hydroxyl groups is 1. The molecule has 0 saturated carbocycles. The summed E-state index contributed by atoms with van der Waals surface area (Å²) in [6.45, 7) is 0. The molecule has 0 radical (unpaired) electrons. The summed E-state index contributed by atoms with van der Waals surface area (Å²) in [7, 11) is -4.08. The molecule has 0 atom stereocenters. The van der Waals surface area contributed by atoms with Crippen molar-refractivity contribution in [2.45, 2.75) is 4.90 Å². The lowest BCUT2D eigenvalue weighted by molar-refractivity contribution is 0.102. The largest absolute Gasteiger partial charge is 0.506 e. The Hall–Kier alpha value is -3.17. The highest BCUT2D eigenvalue weighted by Gasteiger charge is 2.19. The number of phenols is 1. The SMILES string of the molecule is O=C(Nc1cc(S(=O)(=O)Nc2cccc(Cl)c2)ccc1O)c1ccc(F)cc1F. The number of carbonyl (C=O) groups is 1. The van der Waals surface area contributed by atoms with E-state index in [-0.39, 0.29) is 16.3 Å². The minimum Gasteiger partial charge on any atom is -0.506 e. The average molecular weight is 439 g/mol. The van der Waals surface area contributed by atoms with Gasteiger partial charge in [-0.1, -0.05) is 17.7 Å². The number of anilines is 2. The lowest BCUT2D eigenvalue weighted by atomic mass is 10.2. The zero-order valence-electron chi connectivity index (χ0n) is 14.5. The number of benzene rings is 3. The van der Waals surface area contributed by atoms with Gasteiger partial charge in [0.1, 0.15) is 17.4 Å². The van der Waals surface area contributed by atoms with Gasteiger partial charge in [0.25, 0.3) is 15.9 Å². The summed E-state index contributed by atoms with van der Waals surface area (Å²) >= 11 is 5.83. The number of carbonyl (C=O) groups excluding carboxylic acids is 1. The van der Waals surface area contributed by atoms with E-state index in [1.54, 1.807) is 12.1 Å². The standard InChI is InChI=1S/C19H13ClF2N2O4S/c20-11-2-1-3-13(8-11)24-29(27,28)14-5-7-18(25)17(10-14)23-19(26)15-6-4-12(21)9-16(15)22/h1-10,24-25H,(H,23,26). The van der Waals surface area contributed by atoms with Crippen LogP contribution in [0, 0.1) is 11.6 Å². The van der Waals surface area contributed by atoms with Crippen LogP contribution in [-0.2, 0) is 10.0 Å². The fourth-order valence-electron chi connectivity index (χ4n) is 2.41. The molecule has 0 bridgehead atoms. The van der Waals surface area contributed by atoms with Crippen LogP contribution in [0.4, 0.5) is 20.2 Å². The van der Waals surface area contributed by atoms with E-state index >= 15 is 0 Å². The topological polar surface area (TPSA) is 95.5 Å². The Kier molecular flexibility index (Phi) is 5.71. The van der Waals surface area contributed by atoms with E-state index in [2.05, 4.69) is 10.0 Å². The molecular weight excluding hydrogens is 426 g/mol. The summed E-state index contributed by atoms with van der Waals surface area (Å²) in [5.74, 6) is -3.40. The molecule has 0 aromatic heterocycles. The first-order valence-electron chi connectivity index (χ1n) is 8.03. The maximum absolute atomic E-state index is 13.8. The maximum Gasteiger partial charge on any atom is 0.261 e. The second-order valence-corrected chi connectivity index (χ2v) is 7.99. The van der Waals surface area contributed by atoms with Gasteiger partial charge in [0.2, 0.25) is 0 Å². The van der Waals surface area contributed by atoms with Gasteiger partial charge < -0.3 is 10.4 Å². The lowest BCUT2D eigenvalue weighted by Crippen LogP contribution is -2.16. The fourth-order valence-corrected chi connectivity index (χ4v) is 3.68. The van der Waals surface area contributed by atoms with Crippen LogP contribution < -0.4 is 10.0 Å². The van der Waals surface area contributed by atoms with Crippen molar-refractivity contribution < 1.29 is 27.1 Å². The molecule has 0 aliphatic rings. The highest BCUT2D eigenvalue weighted by Crippen LogP contribution is 2.28. The first kappa shape index (κ1) is 20.6. The van der Waals surface area contributed by atoms with E-state index in [4.69, 9.17) is 11.6 Å². The van der Waals surface area contributed by atoms with Gasteiger partial charge in [-0.25, -0.2) is 17.2 Å². The van der Waals surface area contributed by atoms with E-state index in [0.717, 1.165) is 30.3 Å². The van der Waals surface area contributed by atoms with Crippen molar-refractivity contribution in [1.82, 2.24) is 0 Å². The first-order chi connectivity index (χ1) is 13.7. The quantitative estimate of drug-likeness (QED) is 0.515. The van der Waals surface area contributed by atoms with E-state index in [9.17, 15) is 27.1 Å². The number of sulfonamides is 1. The third-order valence-corrected chi connectivity index (χ3v) is 5.39. The zero-order chi connectivity index (χ0) is 21.2. The molecule has 3 rings (SSSR count). The summed E-state index contributed by atoms with van der Waals surface area (Å²) in [6.07, 6.45) is 0. The summed E-state index contributed by atoms with van der Waals surface area (Å²) in [4.78, 5) is 12.0. The van der Waals surface area contributed by atoms with Gasteiger partial charge in [0.15, 0.2) is 0 Å². The van der Waals surface area contributed by atoms with Gasteiger partial charge in [0.05, 0.1) is 21.8 Å². The van der Waals surface area contributed by atoms with Crippen molar-refractivity contribution in [1.29, 1.82) is 0 Å². The van der Waals surface area contributed by atoms with Gasteiger partial charge in [-0.15, -0.1) is 0 Å². The second kappa shape index (κ2) is 8.06. The molecule has 29 heavy (non-hydrogen) atoms. The van der Waals surface area contributed by atoms with Crippen molar-refractivity contribution in [2.75, 3.05) is 10.0 Å². The van der Waals surface area contributed by atoms with Crippen molar-refractivity contribution in [3.8, 4) is 5.75 Å². The Morgan fingerprint density at radius 1 is 1.00 bits per heavy atom. The van der Waals surface area contributed by atoms with Crippen LogP contribution in [0.2, 0.25) is 5.02 Å². The summed E-state index contributed by atoms with van der Waals surface area (Å²) in [5.41, 5.74) is -0.534. The summed E-state index contributed by atoms with van der Waals surface area (Å²) in [5, 5.41) is 12.5. The third-order valence-electron chi connectivity index (χ3n) is 3.78. The number of phenolic OH excluding ortho intramolecular Hbond substituents is 1. The van der Waals surface area contributed by atoms with Crippen molar-refractivity contribution >= 4 is 38.9 Å². The van der Waals surface area contributed by atoms with Gasteiger partial charge in [-0.2, -0.15) is 0 Å². The summed E-state index contributed by atoms with van der Waals surface area (Å²) in [6, 6.07) is 11.6. The Labute approximate surface area is 169 Å². The number of hydrogen-bond acceptors (Lipinski definition) is 4. The van der Waals surface area contributed by atoms with Crippen LogP contribution in [-0.4, -0.2) is 19.4 Å². The van der Waals surface area contributed by atoms with Crippen LogP contribution in [0.25, 0.3) is 0 Å². The predicted octanol–water partition coefficient (Wildman–Crippen LogP) is 4.38. The van der Waals surface area contributed by atoms with Crippen molar-refractivity contribution in [3.05, 3.63) is 82.9 Å². The average Bonchev–Trinajstić information content (AvgIpc) is 2.63. The van der Waals surface area contributed by atoms with Crippen LogP contribution in [0.5, 0.6) is 5.75 Å². The molecule has 0 aliphatic carbocycles. The molecule has 0 aliphatic heterocycles. The number of halogens is 3. The van der Waals surface area contributed by atoms with Crippen LogP contribution in [0.3, 0.4) is 0 Å². The predicted molar refractivity (Wildman–Crippen MR) is 105 cm³/mol. The minimum atomic E-state index is -4.08. The Balaban J connectivity index is 1.88. The molecule has 0 fully saturated rings. The molecule has 10 heteroatoms. The molecule has 1 amide bonds. The monoisotopic (exact) mass is 438 g/mol. The van der Waals surface area contributed by atoms with Crippen molar-refractivity contribution in [3.63, 3.8) is 0 Å². The summed E-state index contributed by atoms with van der Waals surface area (Å²) < 4.78 is 54.2. The van der Waals surface area contributed by atoms with Crippen LogP contribution in [0.15, 0.2) is 65.6 Å². The van der Waals surface area contributed by atoms with Crippen LogP contribution >= 0.6 is 11.6 Å². The molecule has 150 valence electrons. The lowest BCUT2D eigenvalue weighted by Gasteiger charge is -2.12. The Morgan fingerprint density at radius 3 is 2.45 bits per heavy atom. The van der Waals surface area contributed by atoms with Gasteiger partial charge >= 0.3 is 0 Å². The van der Waals surface area contributed by atoms with E-state index in [1.165, 1.54) is 12.1 Å². The second-order valence-electron chi connectivity index (χ2n) is 5.87. The Bertz CT molecular complexity index is 1200. The molecule has 0 heterocycles. The highest BCUT2D eigenvalue weighted by molar-refractivity contribution is 7.92. The maximum atomic E-state index is 13.8. The molecule has 3 aromatic carbocycles. The molecule has 0 unspecified atom stereocenters. The van der Waals surface area contributed by atoms with Gasteiger partial charge in [-0.05, 0) is 48.5 Å². The third kappa shape index (κ3) is 4.82. The van der Waals surface area contributed by atoms with E-state index < -0.39 is 38.9 Å². The van der Waals surface area contributed by atoms with E-state index in [1.807, 2.05) is 0 Å². The number of amides is 1. The molecule has 6 nitrogen and oxygen atoms in total. The number of hydrogen-bond donors (Lipinski definition) is 3. The van der Waals surface area contributed by atoms with E-state index in [0.29, 0.717) is 11.1 Å². The number of rotatable bonds is 5. The normalized spacial score (nSPS) is 11.1. The van der Waals surface area contributed by atoms with Crippen molar-refractivity contribution in [2.24, 2.45) is 0 Å². The molecule has 3 N–H and O–H groups in total. The smallest absolute Gasteiger partial charge is 0.261 e. The Morgan fingerprint density at radius 2 is 1.76 bits per heavy atom. The first-order valence-corrected chi connectivity index (χ1v) is 9.89.